The minimum Gasteiger partial charge on any atom is -0.308 e. The highest BCUT2D eigenvalue weighted by atomic mass is 35.5. The van der Waals surface area contributed by atoms with Crippen LogP contribution in [0.25, 0.3) is 10.8 Å². The van der Waals surface area contributed by atoms with Crippen molar-refractivity contribution in [1.82, 2.24) is 4.72 Å². The van der Waals surface area contributed by atoms with Crippen molar-refractivity contribution < 1.29 is 13.2 Å². The molecular formula is C21H19ClN2O3S. The third-order valence-electron chi connectivity index (χ3n) is 4.97. The van der Waals surface area contributed by atoms with Crippen molar-refractivity contribution in [2.24, 2.45) is 0 Å². The Labute approximate surface area is 169 Å². The molecular weight excluding hydrogens is 396 g/mol. The summed E-state index contributed by atoms with van der Waals surface area (Å²) in [5, 5.41) is 1.92. The lowest BCUT2D eigenvalue weighted by Crippen LogP contribution is -2.26. The van der Waals surface area contributed by atoms with Crippen LogP contribution in [0.4, 0.5) is 5.69 Å². The Morgan fingerprint density at radius 2 is 1.79 bits per heavy atom. The van der Waals surface area contributed by atoms with Crippen molar-refractivity contribution in [3.05, 3.63) is 70.7 Å². The first-order valence-corrected chi connectivity index (χ1v) is 10.9. The van der Waals surface area contributed by atoms with Gasteiger partial charge in [-0.05, 0) is 49.2 Å². The molecule has 4 rings (SSSR count). The molecule has 3 aromatic carbocycles. The highest BCUT2D eigenvalue weighted by molar-refractivity contribution is 7.89. The van der Waals surface area contributed by atoms with Crippen LogP contribution >= 0.6 is 11.6 Å². The van der Waals surface area contributed by atoms with Crippen molar-refractivity contribution in [2.75, 3.05) is 18.0 Å². The predicted octanol–water partition coefficient (Wildman–Crippen LogP) is 3.99. The van der Waals surface area contributed by atoms with Crippen LogP contribution in [0.1, 0.15) is 22.8 Å². The fourth-order valence-electron chi connectivity index (χ4n) is 3.63. The number of sulfonamides is 1. The summed E-state index contributed by atoms with van der Waals surface area (Å²) in [5.41, 5.74) is 2.31. The Kier molecular flexibility index (Phi) is 4.87. The minimum absolute atomic E-state index is 0.0895. The third-order valence-corrected chi connectivity index (χ3v) is 6.74. The van der Waals surface area contributed by atoms with E-state index in [1.807, 2.05) is 19.1 Å². The number of amides is 1. The predicted molar refractivity (Wildman–Crippen MR) is 112 cm³/mol. The Morgan fingerprint density at radius 3 is 2.50 bits per heavy atom. The van der Waals surface area contributed by atoms with E-state index >= 15 is 0 Å². The number of hydrogen-bond acceptors (Lipinski definition) is 3. The van der Waals surface area contributed by atoms with Crippen LogP contribution < -0.4 is 9.62 Å². The van der Waals surface area contributed by atoms with Crippen LogP contribution in [0.3, 0.4) is 0 Å². The van der Waals surface area contributed by atoms with E-state index in [2.05, 4.69) is 4.72 Å². The topological polar surface area (TPSA) is 66.5 Å². The van der Waals surface area contributed by atoms with Crippen LogP contribution in [0.2, 0.25) is 5.02 Å². The van der Waals surface area contributed by atoms with Crippen molar-refractivity contribution in [1.29, 1.82) is 0 Å². The second-order valence-electron chi connectivity index (χ2n) is 6.63. The number of halogens is 1. The van der Waals surface area contributed by atoms with Gasteiger partial charge in [-0.15, -0.1) is 0 Å². The molecule has 0 bridgehead atoms. The third kappa shape index (κ3) is 3.17. The summed E-state index contributed by atoms with van der Waals surface area (Å²) in [5.74, 6) is -0.0895. The van der Waals surface area contributed by atoms with Crippen LogP contribution in [0.5, 0.6) is 0 Å². The van der Waals surface area contributed by atoms with Crippen LogP contribution in [-0.4, -0.2) is 27.4 Å². The lowest BCUT2D eigenvalue weighted by molar-refractivity contribution is 0.0994. The van der Waals surface area contributed by atoms with Crippen molar-refractivity contribution >= 4 is 44.0 Å². The van der Waals surface area contributed by atoms with E-state index in [0.29, 0.717) is 34.3 Å². The average Bonchev–Trinajstić information content (AvgIpc) is 2.96. The highest BCUT2D eigenvalue weighted by Gasteiger charge is 2.31. The molecule has 0 unspecified atom stereocenters. The maximum atomic E-state index is 12.9. The molecule has 1 heterocycles. The lowest BCUT2D eigenvalue weighted by Gasteiger charge is -2.15. The molecule has 144 valence electrons. The number of hydrogen-bond donors (Lipinski definition) is 1. The van der Waals surface area contributed by atoms with Gasteiger partial charge >= 0.3 is 0 Å². The molecule has 0 aliphatic carbocycles. The average molecular weight is 415 g/mol. The van der Waals surface area contributed by atoms with Gasteiger partial charge in [-0.25, -0.2) is 13.1 Å². The van der Waals surface area contributed by atoms with E-state index in [1.54, 1.807) is 47.4 Å². The molecule has 1 N–H and O–H groups in total. The molecule has 7 heteroatoms. The highest BCUT2D eigenvalue weighted by Crippen LogP contribution is 2.39. The first kappa shape index (κ1) is 18.9. The number of anilines is 1. The zero-order valence-corrected chi connectivity index (χ0v) is 16.8. The fourth-order valence-corrected chi connectivity index (χ4v) is 4.99. The quantitative estimate of drug-likeness (QED) is 0.663. The number of rotatable bonds is 6. The van der Waals surface area contributed by atoms with E-state index in [-0.39, 0.29) is 17.3 Å². The normalized spacial score (nSPS) is 13.5. The zero-order valence-electron chi connectivity index (χ0n) is 15.3. The molecule has 0 fully saturated rings. The van der Waals surface area contributed by atoms with E-state index in [0.717, 1.165) is 11.3 Å². The molecule has 5 nitrogen and oxygen atoms in total. The Hall–Kier alpha value is -2.41. The summed E-state index contributed by atoms with van der Waals surface area (Å²) < 4.78 is 28.5. The number of carbonyl (C=O) groups excluding carboxylic acids is 1. The summed E-state index contributed by atoms with van der Waals surface area (Å²) in [6.07, 6.45) is 0.555. The second kappa shape index (κ2) is 7.20. The van der Waals surface area contributed by atoms with Crippen molar-refractivity contribution in [3.63, 3.8) is 0 Å². The van der Waals surface area contributed by atoms with Gasteiger partial charge in [-0.1, -0.05) is 35.9 Å². The van der Waals surface area contributed by atoms with Crippen molar-refractivity contribution in [3.8, 4) is 0 Å². The SMILES string of the molecule is CCN1C(=O)c2cccc3c(S(=O)(=O)NCCc4ccc(Cl)cc4)ccc1c23. The van der Waals surface area contributed by atoms with E-state index in [1.165, 1.54) is 0 Å². The standard InChI is InChI=1S/C21H19ClN2O3S/c1-2-24-18-10-11-19(16-4-3-5-17(20(16)18)21(24)25)28(26,27)23-13-12-14-6-8-15(22)9-7-14/h3-11,23H,2,12-13H2,1H3. The lowest BCUT2D eigenvalue weighted by atomic mass is 10.1. The van der Waals surface area contributed by atoms with Gasteiger partial charge in [0.1, 0.15) is 0 Å². The molecule has 0 atom stereocenters. The van der Waals surface area contributed by atoms with Crippen LogP contribution in [0, 0.1) is 0 Å². The summed E-state index contributed by atoms with van der Waals surface area (Å²) in [4.78, 5) is 14.4. The minimum atomic E-state index is -3.72. The number of carbonyl (C=O) groups is 1. The number of benzene rings is 3. The van der Waals surface area contributed by atoms with Gasteiger partial charge in [-0.3, -0.25) is 4.79 Å². The molecule has 28 heavy (non-hydrogen) atoms. The molecule has 0 saturated carbocycles. The Balaban J connectivity index is 1.64. The largest absolute Gasteiger partial charge is 0.308 e. The summed E-state index contributed by atoms with van der Waals surface area (Å²) in [6.45, 7) is 2.71. The molecule has 1 amide bonds. The number of nitrogens with zero attached hydrogens (tertiary/aromatic N) is 1. The maximum Gasteiger partial charge on any atom is 0.258 e. The first-order chi connectivity index (χ1) is 13.4. The van der Waals surface area contributed by atoms with Crippen molar-refractivity contribution in [2.45, 2.75) is 18.2 Å². The van der Waals surface area contributed by atoms with Crippen LogP contribution in [-0.2, 0) is 16.4 Å². The Bertz CT molecular complexity index is 1170. The molecule has 0 spiro atoms. The summed E-state index contributed by atoms with van der Waals surface area (Å²) >= 11 is 5.88. The monoisotopic (exact) mass is 414 g/mol. The van der Waals surface area contributed by atoms with Gasteiger partial charge in [0.2, 0.25) is 10.0 Å². The molecule has 0 saturated heterocycles. The van der Waals surface area contributed by atoms with Crippen LogP contribution in [0.15, 0.2) is 59.5 Å². The molecule has 1 aliphatic rings. The van der Waals surface area contributed by atoms with Gasteiger partial charge < -0.3 is 4.90 Å². The molecule has 0 aromatic heterocycles. The van der Waals surface area contributed by atoms with Gasteiger partial charge in [0, 0.05) is 34.4 Å². The maximum absolute atomic E-state index is 12.9. The van der Waals surface area contributed by atoms with Gasteiger partial charge in [0.25, 0.3) is 5.91 Å². The number of nitrogens with one attached hydrogen (secondary N) is 1. The van der Waals surface area contributed by atoms with E-state index in [9.17, 15) is 13.2 Å². The Morgan fingerprint density at radius 1 is 1.04 bits per heavy atom. The summed E-state index contributed by atoms with van der Waals surface area (Å²) in [6, 6.07) is 15.8. The van der Waals surface area contributed by atoms with Gasteiger partial charge in [0.15, 0.2) is 0 Å². The molecule has 3 aromatic rings. The van der Waals surface area contributed by atoms with Gasteiger partial charge in [-0.2, -0.15) is 0 Å². The zero-order chi connectivity index (χ0) is 19.9. The van der Waals surface area contributed by atoms with E-state index < -0.39 is 10.0 Å². The smallest absolute Gasteiger partial charge is 0.258 e. The first-order valence-electron chi connectivity index (χ1n) is 9.04. The molecule has 1 aliphatic heterocycles. The second-order valence-corrected chi connectivity index (χ2v) is 8.81. The summed E-state index contributed by atoms with van der Waals surface area (Å²) in [7, 11) is -3.72. The van der Waals surface area contributed by atoms with E-state index in [4.69, 9.17) is 11.6 Å². The fraction of sp³-hybridized carbons (Fsp3) is 0.190. The van der Waals surface area contributed by atoms with Gasteiger partial charge in [0.05, 0.1) is 10.6 Å². The molecule has 0 radical (unpaired) electrons.